The number of carbonyl (C=O) groups excluding carboxylic acids is 1. The molecule has 6 nitrogen and oxygen atoms in total. The zero-order chi connectivity index (χ0) is 16.8. The van der Waals surface area contributed by atoms with E-state index in [1.165, 1.54) is 6.42 Å². The van der Waals surface area contributed by atoms with Crippen LogP contribution >= 0.6 is 24.2 Å². The van der Waals surface area contributed by atoms with Gasteiger partial charge in [-0.15, -0.1) is 12.4 Å². The van der Waals surface area contributed by atoms with Crippen LogP contribution in [0.15, 0.2) is 29.1 Å². The van der Waals surface area contributed by atoms with Crippen LogP contribution in [-0.4, -0.2) is 40.8 Å². The molecule has 0 saturated carbocycles. The van der Waals surface area contributed by atoms with E-state index in [2.05, 4.69) is 20.6 Å². The Morgan fingerprint density at radius 3 is 3.00 bits per heavy atom. The van der Waals surface area contributed by atoms with Gasteiger partial charge < -0.3 is 15.6 Å². The highest BCUT2D eigenvalue weighted by molar-refractivity contribution is 7.98. The molecular weight excluding hydrogens is 360 g/mol. The van der Waals surface area contributed by atoms with Crippen LogP contribution in [0, 0.1) is 0 Å². The third-order valence-electron chi connectivity index (χ3n) is 4.08. The number of halogens is 1. The number of fused-ring (bicyclic) bond motifs is 1. The molecule has 0 bridgehead atoms. The fourth-order valence-electron chi connectivity index (χ4n) is 2.79. The molecule has 1 aliphatic heterocycles. The van der Waals surface area contributed by atoms with Crippen molar-refractivity contribution in [2.75, 3.05) is 18.8 Å². The second kappa shape index (κ2) is 9.79. The fourth-order valence-corrected chi connectivity index (χ4v) is 3.60. The molecule has 0 radical (unpaired) electrons. The van der Waals surface area contributed by atoms with Crippen LogP contribution in [0.3, 0.4) is 0 Å². The quantitative estimate of drug-likeness (QED) is 0.636. The van der Waals surface area contributed by atoms with Gasteiger partial charge in [-0.1, -0.05) is 12.1 Å². The second-order valence-electron chi connectivity index (χ2n) is 5.93. The Hall–Kier alpha value is -1.57. The molecule has 0 aliphatic carbocycles. The minimum atomic E-state index is -0.113. The van der Waals surface area contributed by atoms with Crippen molar-refractivity contribution in [3.05, 3.63) is 40.4 Å². The second-order valence-corrected chi connectivity index (χ2v) is 7.03. The van der Waals surface area contributed by atoms with E-state index in [-0.39, 0.29) is 23.9 Å². The number of H-pyrrole nitrogens is 1. The molecule has 2 aromatic rings. The van der Waals surface area contributed by atoms with E-state index in [1.807, 2.05) is 18.2 Å². The molecule has 25 heavy (non-hydrogen) atoms. The number of aromatic amines is 1. The summed E-state index contributed by atoms with van der Waals surface area (Å²) < 4.78 is 0. The van der Waals surface area contributed by atoms with Gasteiger partial charge in [-0.3, -0.25) is 9.59 Å². The first kappa shape index (κ1) is 19.8. The lowest BCUT2D eigenvalue weighted by atomic mass is 10.2. The molecule has 136 valence electrons. The number of nitrogens with zero attached hydrogens (tertiary/aromatic N) is 1. The summed E-state index contributed by atoms with van der Waals surface area (Å²) in [4.78, 5) is 31.1. The van der Waals surface area contributed by atoms with Crippen LogP contribution in [0.1, 0.15) is 25.1 Å². The summed E-state index contributed by atoms with van der Waals surface area (Å²) in [6.45, 7) is 1.76. The Bertz CT molecular complexity index is 762. The first-order valence-corrected chi connectivity index (χ1v) is 9.43. The number of nitrogens with one attached hydrogen (secondary N) is 3. The van der Waals surface area contributed by atoms with E-state index >= 15 is 0 Å². The molecule has 1 atom stereocenters. The van der Waals surface area contributed by atoms with Crippen LogP contribution in [0.5, 0.6) is 0 Å². The molecule has 1 fully saturated rings. The highest BCUT2D eigenvalue weighted by Crippen LogP contribution is 2.12. The lowest BCUT2D eigenvalue weighted by molar-refractivity contribution is -0.120. The van der Waals surface area contributed by atoms with Crippen LogP contribution in [-0.2, 0) is 10.5 Å². The summed E-state index contributed by atoms with van der Waals surface area (Å²) in [5.74, 6) is 2.04. The minimum Gasteiger partial charge on any atom is -0.355 e. The van der Waals surface area contributed by atoms with Crippen LogP contribution in [0.25, 0.3) is 10.9 Å². The van der Waals surface area contributed by atoms with Crippen molar-refractivity contribution in [2.24, 2.45) is 0 Å². The molecule has 1 aromatic carbocycles. The number of hydrogen-bond donors (Lipinski definition) is 3. The number of carbonyl (C=O) groups is 1. The average molecular weight is 383 g/mol. The van der Waals surface area contributed by atoms with Gasteiger partial charge >= 0.3 is 0 Å². The van der Waals surface area contributed by atoms with Crippen molar-refractivity contribution in [2.45, 2.75) is 31.1 Å². The number of hydrogen-bond acceptors (Lipinski definition) is 5. The molecular formula is C17H23ClN4O2S. The first-order valence-electron chi connectivity index (χ1n) is 8.28. The van der Waals surface area contributed by atoms with Gasteiger partial charge in [0.05, 0.1) is 16.7 Å². The van der Waals surface area contributed by atoms with Gasteiger partial charge in [-0.05, 0) is 31.5 Å². The first-order chi connectivity index (χ1) is 11.7. The van der Waals surface area contributed by atoms with Crippen molar-refractivity contribution in [3.8, 4) is 0 Å². The zero-order valence-electron chi connectivity index (χ0n) is 13.9. The average Bonchev–Trinajstić information content (AvgIpc) is 3.10. The highest BCUT2D eigenvalue weighted by Gasteiger charge is 2.14. The number of para-hydroxylation sites is 1. The van der Waals surface area contributed by atoms with Gasteiger partial charge in [0.15, 0.2) is 0 Å². The van der Waals surface area contributed by atoms with Crippen LogP contribution in [0.4, 0.5) is 0 Å². The predicted octanol–water partition coefficient (Wildman–Crippen LogP) is 1.84. The van der Waals surface area contributed by atoms with E-state index in [0.29, 0.717) is 47.2 Å². The maximum atomic E-state index is 12.0. The maximum absolute atomic E-state index is 12.0. The van der Waals surface area contributed by atoms with E-state index in [9.17, 15) is 9.59 Å². The molecule has 1 aromatic heterocycles. The Morgan fingerprint density at radius 1 is 1.36 bits per heavy atom. The predicted molar refractivity (Wildman–Crippen MR) is 104 cm³/mol. The Morgan fingerprint density at radius 2 is 2.20 bits per heavy atom. The summed E-state index contributed by atoms with van der Waals surface area (Å²) in [5, 5.41) is 6.93. The van der Waals surface area contributed by atoms with Gasteiger partial charge in [0.2, 0.25) is 5.91 Å². The summed E-state index contributed by atoms with van der Waals surface area (Å²) in [6, 6.07) is 7.72. The molecule has 1 amide bonds. The molecule has 2 heterocycles. The van der Waals surface area contributed by atoms with E-state index in [4.69, 9.17) is 0 Å². The van der Waals surface area contributed by atoms with E-state index < -0.39 is 0 Å². The smallest absolute Gasteiger partial charge is 0.258 e. The molecule has 1 aliphatic rings. The van der Waals surface area contributed by atoms with Crippen LogP contribution < -0.4 is 16.2 Å². The van der Waals surface area contributed by atoms with Gasteiger partial charge in [-0.25, -0.2) is 4.98 Å². The Labute approximate surface area is 157 Å². The van der Waals surface area contributed by atoms with Gasteiger partial charge in [0.25, 0.3) is 5.56 Å². The largest absolute Gasteiger partial charge is 0.355 e. The van der Waals surface area contributed by atoms with Crippen molar-refractivity contribution < 1.29 is 4.79 Å². The van der Waals surface area contributed by atoms with Gasteiger partial charge in [0.1, 0.15) is 5.82 Å². The molecule has 1 unspecified atom stereocenters. The number of thioether (sulfide) groups is 1. The molecule has 3 N–H and O–H groups in total. The number of amides is 1. The highest BCUT2D eigenvalue weighted by atomic mass is 35.5. The number of rotatable bonds is 7. The van der Waals surface area contributed by atoms with E-state index in [1.54, 1.807) is 17.8 Å². The van der Waals surface area contributed by atoms with E-state index in [0.717, 1.165) is 13.0 Å². The van der Waals surface area contributed by atoms with Crippen molar-refractivity contribution >= 4 is 41.0 Å². The monoisotopic (exact) mass is 382 g/mol. The summed E-state index contributed by atoms with van der Waals surface area (Å²) in [7, 11) is 0. The molecule has 8 heteroatoms. The number of benzene rings is 1. The van der Waals surface area contributed by atoms with Gasteiger partial charge in [-0.2, -0.15) is 11.8 Å². The lowest BCUT2D eigenvalue weighted by Crippen LogP contribution is -2.37. The summed E-state index contributed by atoms with van der Waals surface area (Å²) in [6.07, 6.45) is 2.80. The van der Waals surface area contributed by atoms with Gasteiger partial charge in [0, 0.05) is 24.8 Å². The third kappa shape index (κ3) is 5.73. The fraction of sp³-hybridized carbons (Fsp3) is 0.471. The van der Waals surface area contributed by atoms with Crippen LogP contribution in [0.2, 0.25) is 0 Å². The molecule has 0 spiro atoms. The summed E-state index contributed by atoms with van der Waals surface area (Å²) >= 11 is 1.60. The molecule has 1 saturated heterocycles. The maximum Gasteiger partial charge on any atom is 0.258 e. The lowest BCUT2D eigenvalue weighted by Gasteiger charge is -2.11. The normalized spacial score (nSPS) is 16.6. The SMILES string of the molecule is Cl.O=C(CCSCc1nc2ccccc2c(=O)[nH]1)NCC1CCCN1. The minimum absolute atomic E-state index is 0. The van der Waals surface area contributed by atoms with Crippen molar-refractivity contribution in [3.63, 3.8) is 0 Å². The number of aromatic nitrogens is 2. The Balaban J connectivity index is 0.00000225. The Kier molecular flexibility index (Phi) is 7.74. The molecule has 3 rings (SSSR count). The van der Waals surface area contributed by atoms with Crippen molar-refractivity contribution in [1.82, 2.24) is 20.6 Å². The topological polar surface area (TPSA) is 86.9 Å². The third-order valence-corrected chi connectivity index (χ3v) is 5.05. The van der Waals surface area contributed by atoms with Crippen molar-refractivity contribution in [1.29, 1.82) is 0 Å². The summed E-state index contributed by atoms with van der Waals surface area (Å²) in [5.41, 5.74) is 0.594. The zero-order valence-corrected chi connectivity index (χ0v) is 15.5. The standard InChI is InChI=1S/C17H22N4O2S.ClH/c22-16(19-10-12-4-3-8-18-12)7-9-24-11-15-20-14-6-2-1-5-13(14)17(23)21-15;/h1-2,5-6,12,18H,3-4,7-11H2,(H,19,22)(H,20,21,23);1H.